The Labute approximate surface area is 224 Å². The maximum absolute atomic E-state index is 13.3. The van der Waals surface area contributed by atoms with Crippen LogP contribution in [0.25, 0.3) is 0 Å². The fraction of sp³-hybridized carbons (Fsp3) is 0.500. The third-order valence-corrected chi connectivity index (χ3v) is 10.1. The summed E-state index contributed by atoms with van der Waals surface area (Å²) in [6, 6.07) is 4.13. The standard InChI is InChI=1S/C26H30F3N3O4S2/c1-4-38(35,36)19-10-9-18(30-13-19)12-31-24(33)21-11-20-23(37-21)22(15(2)3)32(25(20)34)14-16-5-7-17(8-6-16)26(27,28)29/h9-11,13,16-17,22H,2,4-8,12,14H2,1,3H3,(H,31,33)/t16-,17+,22-/m0/s1. The Kier molecular flexibility index (Phi) is 8.04. The first-order valence-corrected chi connectivity index (χ1v) is 14.9. The van der Waals surface area contributed by atoms with Gasteiger partial charge in [-0.2, -0.15) is 13.2 Å². The molecule has 1 aliphatic carbocycles. The Balaban J connectivity index is 1.41. The first-order valence-electron chi connectivity index (χ1n) is 12.4. The van der Waals surface area contributed by atoms with Crippen molar-refractivity contribution in [1.82, 2.24) is 15.2 Å². The van der Waals surface area contributed by atoms with Crippen molar-refractivity contribution in [2.75, 3.05) is 12.3 Å². The van der Waals surface area contributed by atoms with Crippen molar-refractivity contribution in [2.24, 2.45) is 11.8 Å². The van der Waals surface area contributed by atoms with Crippen molar-refractivity contribution >= 4 is 33.0 Å². The van der Waals surface area contributed by atoms with E-state index in [4.69, 9.17) is 0 Å². The number of thiophene rings is 1. The van der Waals surface area contributed by atoms with Crippen LogP contribution >= 0.6 is 11.3 Å². The number of hydrogen-bond donors (Lipinski definition) is 1. The molecule has 206 valence electrons. The van der Waals surface area contributed by atoms with Gasteiger partial charge in [-0.3, -0.25) is 14.6 Å². The SMILES string of the molecule is C=C(C)[C@H]1c2sc(C(=O)NCc3ccc(S(=O)(=O)CC)cn3)cc2C(=O)N1C[C@H]1CC[C@@H](C(F)(F)F)CC1. The smallest absolute Gasteiger partial charge is 0.346 e. The van der Waals surface area contributed by atoms with E-state index in [1.165, 1.54) is 29.7 Å². The van der Waals surface area contributed by atoms with Crippen LogP contribution < -0.4 is 5.32 Å². The summed E-state index contributed by atoms with van der Waals surface area (Å²) in [5.74, 6) is -1.95. The Hall–Kier alpha value is -2.73. The Bertz CT molecular complexity index is 1330. The molecule has 4 rings (SSSR count). The summed E-state index contributed by atoms with van der Waals surface area (Å²) in [4.78, 5) is 33.1. The third-order valence-electron chi connectivity index (χ3n) is 7.23. The number of halogens is 3. The number of hydrogen-bond acceptors (Lipinski definition) is 6. The van der Waals surface area contributed by atoms with E-state index in [0.29, 0.717) is 40.4 Å². The fourth-order valence-electron chi connectivity index (χ4n) is 5.05. The van der Waals surface area contributed by atoms with Gasteiger partial charge in [0.25, 0.3) is 11.8 Å². The van der Waals surface area contributed by atoms with E-state index in [1.54, 1.807) is 24.8 Å². The number of sulfone groups is 1. The molecule has 1 saturated carbocycles. The minimum absolute atomic E-state index is 0.0117. The van der Waals surface area contributed by atoms with E-state index in [1.807, 2.05) is 0 Å². The Morgan fingerprint density at radius 1 is 1.24 bits per heavy atom. The normalized spacial score (nSPS) is 21.9. The molecular formula is C26H30F3N3O4S2. The van der Waals surface area contributed by atoms with Gasteiger partial charge in [0.15, 0.2) is 9.84 Å². The van der Waals surface area contributed by atoms with Gasteiger partial charge in [-0.05, 0) is 56.7 Å². The van der Waals surface area contributed by atoms with Gasteiger partial charge in [0.05, 0.1) is 45.3 Å². The number of amides is 2. The molecule has 2 amide bonds. The van der Waals surface area contributed by atoms with Crippen molar-refractivity contribution in [2.45, 2.75) is 63.2 Å². The van der Waals surface area contributed by atoms with E-state index < -0.39 is 28.0 Å². The second-order valence-corrected chi connectivity index (χ2v) is 13.3. The monoisotopic (exact) mass is 569 g/mol. The summed E-state index contributed by atoms with van der Waals surface area (Å²) < 4.78 is 63.0. The number of carbonyl (C=O) groups is 2. The minimum atomic E-state index is -4.18. The van der Waals surface area contributed by atoms with Gasteiger partial charge in [0.1, 0.15) is 0 Å². The lowest BCUT2D eigenvalue weighted by atomic mass is 9.81. The first kappa shape index (κ1) is 28.3. The zero-order valence-corrected chi connectivity index (χ0v) is 22.8. The molecule has 38 heavy (non-hydrogen) atoms. The van der Waals surface area contributed by atoms with Crippen LogP contribution in [0.3, 0.4) is 0 Å². The molecular weight excluding hydrogens is 539 g/mol. The molecule has 0 radical (unpaired) electrons. The summed E-state index contributed by atoms with van der Waals surface area (Å²) in [5.41, 5.74) is 1.63. The van der Waals surface area contributed by atoms with E-state index >= 15 is 0 Å². The largest absolute Gasteiger partial charge is 0.391 e. The molecule has 1 aliphatic heterocycles. The maximum Gasteiger partial charge on any atom is 0.391 e. The first-order chi connectivity index (χ1) is 17.8. The molecule has 0 spiro atoms. The molecule has 0 bridgehead atoms. The summed E-state index contributed by atoms with van der Waals surface area (Å²) in [6.45, 7) is 7.82. The molecule has 2 aromatic heterocycles. The average Bonchev–Trinajstić information content (AvgIpc) is 3.41. The lowest BCUT2D eigenvalue weighted by Crippen LogP contribution is -2.36. The van der Waals surface area contributed by atoms with E-state index in [9.17, 15) is 31.2 Å². The lowest BCUT2D eigenvalue weighted by Gasteiger charge is -2.34. The predicted octanol–water partition coefficient (Wildman–Crippen LogP) is 5.31. The number of carbonyl (C=O) groups excluding carboxylic acids is 2. The number of nitrogens with zero attached hydrogens (tertiary/aromatic N) is 2. The highest BCUT2D eigenvalue weighted by Gasteiger charge is 2.44. The summed E-state index contributed by atoms with van der Waals surface area (Å²) in [7, 11) is -3.36. The van der Waals surface area contributed by atoms with Crippen LogP contribution in [0.1, 0.15) is 76.2 Å². The van der Waals surface area contributed by atoms with Crippen LogP contribution in [0.15, 0.2) is 41.4 Å². The van der Waals surface area contributed by atoms with E-state index in [0.717, 1.165) is 5.57 Å². The molecule has 0 saturated heterocycles. The van der Waals surface area contributed by atoms with Crippen molar-refractivity contribution in [1.29, 1.82) is 0 Å². The minimum Gasteiger partial charge on any atom is -0.346 e. The highest BCUT2D eigenvalue weighted by Crippen LogP contribution is 2.45. The van der Waals surface area contributed by atoms with Gasteiger partial charge in [0.2, 0.25) is 0 Å². The van der Waals surface area contributed by atoms with E-state index in [-0.39, 0.29) is 47.8 Å². The van der Waals surface area contributed by atoms with Gasteiger partial charge in [-0.15, -0.1) is 11.3 Å². The highest BCUT2D eigenvalue weighted by atomic mass is 32.2. The van der Waals surface area contributed by atoms with Crippen LogP contribution in [0, 0.1) is 11.8 Å². The van der Waals surface area contributed by atoms with Gasteiger partial charge in [-0.25, -0.2) is 8.42 Å². The van der Waals surface area contributed by atoms with Crippen LogP contribution in [0.5, 0.6) is 0 Å². The van der Waals surface area contributed by atoms with Crippen LogP contribution in [0.2, 0.25) is 0 Å². The zero-order valence-electron chi connectivity index (χ0n) is 21.2. The molecule has 7 nitrogen and oxygen atoms in total. The molecule has 0 unspecified atom stereocenters. The van der Waals surface area contributed by atoms with Crippen molar-refractivity contribution < 1.29 is 31.2 Å². The van der Waals surface area contributed by atoms with Crippen LogP contribution in [0.4, 0.5) is 13.2 Å². The fourth-order valence-corrected chi connectivity index (χ4v) is 7.15. The summed E-state index contributed by atoms with van der Waals surface area (Å²) in [5, 5.41) is 2.75. The molecule has 12 heteroatoms. The highest BCUT2D eigenvalue weighted by molar-refractivity contribution is 7.91. The number of alkyl halides is 3. The zero-order chi connectivity index (χ0) is 27.8. The lowest BCUT2D eigenvalue weighted by molar-refractivity contribution is -0.184. The molecule has 2 aliphatic rings. The summed E-state index contributed by atoms with van der Waals surface area (Å²) >= 11 is 1.20. The maximum atomic E-state index is 13.3. The van der Waals surface area contributed by atoms with Crippen LogP contribution in [-0.2, 0) is 16.4 Å². The third kappa shape index (κ3) is 5.80. The van der Waals surface area contributed by atoms with Crippen molar-refractivity contribution in [3.05, 3.63) is 57.6 Å². The Morgan fingerprint density at radius 3 is 2.47 bits per heavy atom. The number of aromatic nitrogens is 1. The number of fused-ring (bicyclic) bond motifs is 1. The van der Waals surface area contributed by atoms with Crippen molar-refractivity contribution in [3.63, 3.8) is 0 Å². The van der Waals surface area contributed by atoms with Gasteiger partial charge >= 0.3 is 6.18 Å². The molecule has 1 atom stereocenters. The number of nitrogens with one attached hydrogen (secondary N) is 1. The van der Waals surface area contributed by atoms with Gasteiger partial charge in [-0.1, -0.05) is 19.1 Å². The topological polar surface area (TPSA) is 96.4 Å². The quantitative estimate of drug-likeness (QED) is 0.435. The predicted molar refractivity (Wildman–Crippen MR) is 138 cm³/mol. The number of rotatable bonds is 8. The Morgan fingerprint density at radius 2 is 1.92 bits per heavy atom. The van der Waals surface area contributed by atoms with Crippen LogP contribution in [-0.4, -0.2) is 48.6 Å². The molecule has 2 aromatic rings. The van der Waals surface area contributed by atoms with Crippen molar-refractivity contribution in [3.8, 4) is 0 Å². The second-order valence-electron chi connectivity index (χ2n) is 9.93. The molecule has 3 heterocycles. The molecule has 0 aromatic carbocycles. The van der Waals surface area contributed by atoms with Gasteiger partial charge in [0, 0.05) is 17.6 Å². The average molecular weight is 570 g/mol. The second kappa shape index (κ2) is 10.8. The summed E-state index contributed by atoms with van der Waals surface area (Å²) in [6.07, 6.45) is -1.93. The molecule has 1 N–H and O–H groups in total. The van der Waals surface area contributed by atoms with E-state index in [2.05, 4.69) is 16.9 Å². The molecule has 1 fully saturated rings. The van der Waals surface area contributed by atoms with Gasteiger partial charge < -0.3 is 10.2 Å². The number of pyridine rings is 1.